The molecule has 2 rings (SSSR count). The molecule has 0 aromatic carbocycles. The van der Waals surface area contributed by atoms with E-state index in [0.29, 0.717) is 17.3 Å². The molecular formula is C8H7ClN2O3. The van der Waals surface area contributed by atoms with Crippen molar-refractivity contribution in [2.45, 2.75) is 13.8 Å². The van der Waals surface area contributed by atoms with E-state index in [2.05, 4.69) is 5.16 Å². The van der Waals surface area contributed by atoms with E-state index in [1.54, 1.807) is 19.9 Å². The zero-order valence-corrected chi connectivity index (χ0v) is 8.33. The van der Waals surface area contributed by atoms with E-state index >= 15 is 0 Å². The van der Waals surface area contributed by atoms with Crippen LogP contribution in [0.3, 0.4) is 0 Å². The highest BCUT2D eigenvalue weighted by Crippen LogP contribution is 2.13. The Morgan fingerprint density at radius 2 is 2.21 bits per heavy atom. The molecule has 2 aromatic rings. The van der Waals surface area contributed by atoms with Crippen LogP contribution in [0.2, 0.25) is 5.02 Å². The van der Waals surface area contributed by atoms with Crippen LogP contribution in [-0.2, 0) is 0 Å². The first-order valence-corrected chi connectivity index (χ1v) is 4.29. The van der Waals surface area contributed by atoms with Gasteiger partial charge in [-0.2, -0.15) is 0 Å². The van der Waals surface area contributed by atoms with Gasteiger partial charge in [0.2, 0.25) is 5.82 Å². The Hall–Kier alpha value is -1.49. The minimum absolute atomic E-state index is 0.0608. The van der Waals surface area contributed by atoms with Gasteiger partial charge in [0.1, 0.15) is 10.8 Å². The molecule has 0 aliphatic rings. The van der Waals surface area contributed by atoms with Gasteiger partial charge in [0.15, 0.2) is 5.76 Å². The third kappa shape index (κ3) is 1.26. The summed E-state index contributed by atoms with van der Waals surface area (Å²) in [4.78, 5) is 11.5. The molecule has 2 heterocycles. The Morgan fingerprint density at radius 3 is 2.64 bits per heavy atom. The van der Waals surface area contributed by atoms with Gasteiger partial charge in [-0.3, -0.25) is 4.79 Å². The Balaban J connectivity index is 2.63. The van der Waals surface area contributed by atoms with Gasteiger partial charge in [-0.15, -0.1) is 4.74 Å². The molecule has 0 N–H and O–H groups in total. The van der Waals surface area contributed by atoms with Crippen molar-refractivity contribution < 1.29 is 9.05 Å². The Bertz CT molecular complexity index is 523. The number of halogens is 1. The second-order valence-corrected chi connectivity index (χ2v) is 3.23. The SMILES string of the molecule is Cc1cc(-n2oc(C)c(Cl)c2=O)no1. The normalized spacial score (nSPS) is 10.8. The van der Waals surface area contributed by atoms with Crippen molar-refractivity contribution in [1.29, 1.82) is 0 Å². The van der Waals surface area contributed by atoms with Crippen molar-refractivity contribution >= 4 is 11.6 Å². The molecule has 0 saturated heterocycles. The number of hydrogen-bond donors (Lipinski definition) is 0. The number of aromatic nitrogens is 2. The number of nitrogens with zero attached hydrogens (tertiary/aromatic N) is 2. The lowest BCUT2D eigenvalue weighted by molar-refractivity contribution is 0.303. The summed E-state index contributed by atoms with van der Waals surface area (Å²) < 4.78 is 10.9. The van der Waals surface area contributed by atoms with Crippen molar-refractivity contribution in [3.8, 4) is 5.82 Å². The summed E-state index contributed by atoms with van der Waals surface area (Å²) in [7, 11) is 0. The molecular weight excluding hydrogens is 208 g/mol. The second kappa shape index (κ2) is 3.02. The van der Waals surface area contributed by atoms with E-state index in [4.69, 9.17) is 20.6 Å². The van der Waals surface area contributed by atoms with Crippen LogP contribution < -0.4 is 5.56 Å². The van der Waals surface area contributed by atoms with Gasteiger partial charge < -0.3 is 9.05 Å². The fraction of sp³-hybridized carbons (Fsp3) is 0.250. The molecule has 5 nitrogen and oxygen atoms in total. The molecule has 0 radical (unpaired) electrons. The average molecular weight is 215 g/mol. The first-order valence-electron chi connectivity index (χ1n) is 3.91. The van der Waals surface area contributed by atoms with Crippen LogP contribution in [-0.4, -0.2) is 9.90 Å². The minimum Gasteiger partial charge on any atom is -0.373 e. The van der Waals surface area contributed by atoms with E-state index in [-0.39, 0.29) is 5.02 Å². The molecule has 0 unspecified atom stereocenters. The molecule has 0 aliphatic heterocycles. The quantitative estimate of drug-likeness (QED) is 0.725. The summed E-state index contributed by atoms with van der Waals surface area (Å²) in [6, 6.07) is 1.58. The minimum atomic E-state index is -0.433. The molecule has 0 fully saturated rings. The lowest BCUT2D eigenvalue weighted by Gasteiger charge is -1.88. The van der Waals surface area contributed by atoms with E-state index in [0.717, 1.165) is 4.74 Å². The highest BCUT2D eigenvalue weighted by molar-refractivity contribution is 6.30. The van der Waals surface area contributed by atoms with Crippen molar-refractivity contribution in [1.82, 2.24) is 9.90 Å². The maximum absolute atomic E-state index is 11.5. The lowest BCUT2D eigenvalue weighted by Crippen LogP contribution is -2.12. The zero-order valence-electron chi connectivity index (χ0n) is 7.57. The third-order valence-electron chi connectivity index (χ3n) is 1.73. The predicted octanol–water partition coefficient (Wildman–Crippen LogP) is 1.69. The molecule has 0 aliphatic carbocycles. The van der Waals surface area contributed by atoms with Crippen molar-refractivity contribution in [2.75, 3.05) is 0 Å². The van der Waals surface area contributed by atoms with E-state index < -0.39 is 5.56 Å². The number of hydrogen-bond acceptors (Lipinski definition) is 4. The zero-order chi connectivity index (χ0) is 10.3. The average Bonchev–Trinajstić information content (AvgIpc) is 2.66. The van der Waals surface area contributed by atoms with Crippen LogP contribution in [0.5, 0.6) is 0 Å². The first-order chi connectivity index (χ1) is 6.59. The monoisotopic (exact) mass is 214 g/mol. The van der Waals surface area contributed by atoms with Crippen LogP contribution >= 0.6 is 11.6 Å². The standard InChI is InChI=1S/C8H7ClN2O3/c1-4-3-6(10-13-4)11-8(12)7(9)5(2)14-11/h3H,1-2H3. The van der Waals surface area contributed by atoms with Crippen LogP contribution in [0, 0.1) is 13.8 Å². The van der Waals surface area contributed by atoms with Crippen molar-refractivity contribution in [2.24, 2.45) is 0 Å². The predicted molar refractivity (Wildman–Crippen MR) is 48.9 cm³/mol. The molecule has 0 amide bonds. The number of aryl methyl sites for hydroxylation is 2. The van der Waals surface area contributed by atoms with Crippen LogP contribution in [0.1, 0.15) is 11.5 Å². The van der Waals surface area contributed by atoms with Gasteiger partial charge >= 0.3 is 5.56 Å². The Kier molecular flexibility index (Phi) is 1.96. The maximum Gasteiger partial charge on any atom is 0.307 e. The van der Waals surface area contributed by atoms with Gasteiger partial charge in [0, 0.05) is 6.07 Å². The van der Waals surface area contributed by atoms with E-state index in [1.165, 1.54) is 0 Å². The van der Waals surface area contributed by atoms with E-state index in [9.17, 15) is 4.79 Å². The highest BCUT2D eigenvalue weighted by atomic mass is 35.5. The Morgan fingerprint density at radius 1 is 1.50 bits per heavy atom. The van der Waals surface area contributed by atoms with E-state index in [1.807, 2.05) is 0 Å². The van der Waals surface area contributed by atoms with Crippen molar-refractivity contribution in [3.05, 3.63) is 33.0 Å². The van der Waals surface area contributed by atoms with Crippen LogP contribution in [0.25, 0.3) is 5.82 Å². The maximum atomic E-state index is 11.5. The molecule has 14 heavy (non-hydrogen) atoms. The molecule has 0 saturated carbocycles. The smallest absolute Gasteiger partial charge is 0.307 e. The molecule has 0 atom stereocenters. The molecule has 2 aromatic heterocycles. The summed E-state index contributed by atoms with van der Waals surface area (Å²) in [5.74, 6) is 1.25. The van der Waals surface area contributed by atoms with Crippen LogP contribution in [0.4, 0.5) is 0 Å². The fourth-order valence-electron chi connectivity index (χ4n) is 1.06. The van der Waals surface area contributed by atoms with Crippen molar-refractivity contribution in [3.63, 3.8) is 0 Å². The number of rotatable bonds is 1. The first kappa shape index (κ1) is 9.08. The largest absolute Gasteiger partial charge is 0.373 e. The summed E-state index contributed by atoms with van der Waals surface area (Å²) in [6.07, 6.45) is 0. The molecule has 74 valence electrons. The van der Waals surface area contributed by atoms with Gasteiger partial charge in [-0.1, -0.05) is 16.8 Å². The fourth-order valence-corrected chi connectivity index (χ4v) is 1.17. The van der Waals surface area contributed by atoms with Gasteiger partial charge in [-0.05, 0) is 13.8 Å². The van der Waals surface area contributed by atoms with Gasteiger partial charge in [0.05, 0.1) is 0 Å². The molecule has 0 bridgehead atoms. The Labute approximate surface area is 83.8 Å². The van der Waals surface area contributed by atoms with Gasteiger partial charge in [-0.25, -0.2) is 0 Å². The third-order valence-corrected chi connectivity index (χ3v) is 2.16. The topological polar surface area (TPSA) is 61.2 Å². The summed E-state index contributed by atoms with van der Waals surface area (Å²) in [5.41, 5.74) is -0.433. The summed E-state index contributed by atoms with van der Waals surface area (Å²) >= 11 is 5.67. The lowest BCUT2D eigenvalue weighted by atomic mass is 10.5. The highest BCUT2D eigenvalue weighted by Gasteiger charge is 2.15. The summed E-state index contributed by atoms with van der Waals surface area (Å²) in [5, 5.41) is 3.70. The molecule has 0 spiro atoms. The van der Waals surface area contributed by atoms with Crippen LogP contribution in [0.15, 0.2) is 19.9 Å². The second-order valence-electron chi connectivity index (χ2n) is 2.86. The summed E-state index contributed by atoms with van der Waals surface area (Å²) in [6.45, 7) is 3.33. The van der Waals surface area contributed by atoms with Gasteiger partial charge in [0.25, 0.3) is 0 Å². The molecule has 6 heteroatoms.